The number of pyridine rings is 1. The summed E-state index contributed by atoms with van der Waals surface area (Å²) in [6, 6.07) is 2.39. The van der Waals surface area contributed by atoms with E-state index in [1.807, 2.05) is 0 Å². The molecular weight excluding hydrogens is 208 g/mol. The summed E-state index contributed by atoms with van der Waals surface area (Å²) in [6.45, 7) is 0. The molecule has 1 rings (SSSR count). The molecule has 1 heterocycles. The normalized spacial score (nSPS) is 8.00. The first-order valence-corrected chi connectivity index (χ1v) is 3.00. The standard InChI is InChI=1S/C7H5NO4.2Na/c9-6(10)4-2-1-3-8-5(4)7(11)12;;/h1-3H,(H,9,10)(H,11,12);;/q;2*+1/p-2. The van der Waals surface area contributed by atoms with Crippen LogP contribution in [0.4, 0.5) is 0 Å². The molecule has 0 fully saturated rings. The molecule has 0 amide bonds. The Hall–Kier alpha value is 0.0900. The molecule has 0 radical (unpaired) electrons. The molecule has 0 spiro atoms. The van der Waals surface area contributed by atoms with Crippen molar-refractivity contribution in [3.05, 3.63) is 29.6 Å². The van der Waals surface area contributed by atoms with Gasteiger partial charge in [-0.1, -0.05) is 0 Å². The third kappa shape index (κ3) is 4.08. The molecule has 62 valence electrons. The van der Waals surface area contributed by atoms with Crippen LogP contribution in [0.15, 0.2) is 18.3 Å². The number of hydrogen-bond donors (Lipinski definition) is 0. The van der Waals surface area contributed by atoms with E-state index in [-0.39, 0.29) is 59.1 Å². The number of rotatable bonds is 2. The first-order chi connectivity index (χ1) is 5.63. The third-order valence-corrected chi connectivity index (χ3v) is 1.22. The van der Waals surface area contributed by atoms with E-state index in [9.17, 15) is 19.8 Å². The molecular formula is C7H3NNa2O4. The molecule has 5 nitrogen and oxygen atoms in total. The van der Waals surface area contributed by atoms with E-state index in [4.69, 9.17) is 0 Å². The second-order valence-corrected chi connectivity index (χ2v) is 1.97. The van der Waals surface area contributed by atoms with Gasteiger partial charge in [-0.25, -0.2) is 0 Å². The van der Waals surface area contributed by atoms with Gasteiger partial charge in [0.2, 0.25) is 0 Å². The zero-order valence-electron chi connectivity index (χ0n) is 7.81. The molecule has 0 atom stereocenters. The minimum absolute atomic E-state index is 0. The third-order valence-electron chi connectivity index (χ3n) is 1.22. The van der Waals surface area contributed by atoms with Crippen molar-refractivity contribution in [1.29, 1.82) is 0 Å². The molecule has 1 aromatic rings. The van der Waals surface area contributed by atoms with Gasteiger partial charge in [-0.05, 0) is 12.1 Å². The van der Waals surface area contributed by atoms with Gasteiger partial charge in [0.15, 0.2) is 0 Å². The van der Waals surface area contributed by atoms with Crippen molar-refractivity contribution in [2.45, 2.75) is 0 Å². The van der Waals surface area contributed by atoms with E-state index >= 15 is 0 Å². The molecule has 0 aromatic carbocycles. The van der Waals surface area contributed by atoms with Crippen LogP contribution in [0, 0.1) is 0 Å². The van der Waals surface area contributed by atoms with Crippen molar-refractivity contribution in [2.24, 2.45) is 0 Å². The van der Waals surface area contributed by atoms with Crippen LogP contribution in [0.1, 0.15) is 20.8 Å². The fourth-order valence-corrected chi connectivity index (χ4v) is 0.733. The second kappa shape index (κ2) is 7.39. The Bertz CT molecular complexity index is 309. The van der Waals surface area contributed by atoms with Gasteiger partial charge in [-0.15, -0.1) is 0 Å². The Labute approximate surface area is 124 Å². The number of carbonyl (C=O) groups is 2. The van der Waals surface area contributed by atoms with Gasteiger partial charge in [-0.2, -0.15) is 0 Å². The van der Waals surface area contributed by atoms with Crippen LogP contribution >= 0.6 is 0 Å². The minimum atomic E-state index is -1.63. The Morgan fingerprint density at radius 3 is 2.07 bits per heavy atom. The predicted molar refractivity (Wildman–Crippen MR) is 32.9 cm³/mol. The quantitative estimate of drug-likeness (QED) is 0.453. The van der Waals surface area contributed by atoms with E-state index in [0.29, 0.717) is 0 Å². The molecule has 0 saturated carbocycles. The summed E-state index contributed by atoms with van der Waals surface area (Å²) in [7, 11) is 0. The van der Waals surface area contributed by atoms with Crippen LogP contribution in [-0.4, -0.2) is 16.9 Å². The summed E-state index contributed by atoms with van der Waals surface area (Å²) in [5.74, 6) is -3.21. The van der Waals surface area contributed by atoms with Crippen LogP contribution in [-0.2, 0) is 0 Å². The number of carbonyl (C=O) groups excluding carboxylic acids is 2. The monoisotopic (exact) mass is 211 g/mol. The fourth-order valence-electron chi connectivity index (χ4n) is 0.733. The number of carboxylic acid groups (broad SMARTS) is 2. The Balaban J connectivity index is 0. The SMILES string of the molecule is O=C([O-])c1cccnc1C(=O)[O-].[Na+].[Na+]. The van der Waals surface area contributed by atoms with Gasteiger partial charge in [0, 0.05) is 11.8 Å². The summed E-state index contributed by atoms with van der Waals surface area (Å²) < 4.78 is 0. The minimum Gasteiger partial charge on any atom is -0.545 e. The molecule has 1 aromatic heterocycles. The summed E-state index contributed by atoms with van der Waals surface area (Å²) in [4.78, 5) is 23.9. The van der Waals surface area contributed by atoms with Gasteiger partial charge in [0.25, 0.3) is 0 Å². The van der Waals surface area contributed by atoms with Crippen molar-refractivity contribution in [2.75, 3.05) is 0 Å². The van der Waals surface area contributed by atoms with Crippen LogP contribution in [0.3, 0.4) is 0 Å². The first-order valence-electron chi connectivity index (χ1n) is 3.00. The molecule has 0 saturated heterocycles. The van der Waals surface area contributed by atoms with Gasteiger partial charge in [-0.3, -0.25) is 4.98 Å². The zero-order chi connectivity index (χ0) is 9.14. The Morgan fingerprint density at radius 2 is 1.71 bits per heavy atom. The van der Waals surface area contributed by atoms with Crippen molar-refractivity contribution in [3.8, 4) is 0 Å². The van der Waals surface area contributed by atoms with Gasteiger partial charge in [0.1, 0.15) is 0 Å². The van der Waals surface area contributed by atoms with Crippen molar-refractivity contribution >= 4 is 11.9 Å². The Kier molecular flexibility index (Phi) is 8.72. The first kappa shape index (κ1) is 16.5. The summed E-state index contributed by atoms with van der Waals surface area (Å²) in [6.07, 6.45) is 1.16. The topological polar surface area (TPSA) is 93.2 Å². The molecule has 0 bridgehead atoms. The van der Waals surface area contributed by atoms with Crippen molar-refractivity contribution in [3.63, 3.8) is 0 Å². The van der Waals surface area contributed by atoms with Crippen LogP contribution < -0.4 is 69.3 Å². The summed E-state index contributed by atoms with van der Waals surface area (Å²) >= 11 is 0. The van der Waals surface area contributed by atoms with Crippen LogP contribution in [0.5, 0.6) is 0 Å². The maximum atomic E-state index is 10.3. The molecule has 7 heteroatoms. The summed E-state index contributed by atoms with van der Waals surface area (Å²) in [5.41, 5.74) is -1.09. The maximum Gasteiger partial charge on any atom is 1.00 e. The van der Waals surface area contributed by atoms with Crippen LogP contribution in [0.25, 0.3) is 0 Å². The number of aromatic carboxylic acids is 2. The maximum absolute atomic E-state index is 10.3. The molecule has 0 N–H and O–H groups in total. The number of nitrogens with zero attached hydrogens (tertiary/aromatic N) is 1. The molecule has 0 aliphatic rings. The van der Waals surface area contributed by atoms with Crippen LogP contribution in [0.2, 0.25) is 0 Å². The van der Waals surface area contributed by atoms with Gasteiger partial charge in [0.05, 0.1) is 17.6 Å². The summed E-state index contributed by atoms with van der Waals surface area (Å²) in [5, 5.41) is 20.5. The van der Waals surface area contributed by atoms with E-state index in [1.165, 1.54) is 6.07 Å². The van der Waals surface area contributed by atoms with Crippen molar-refractivity contribution in [1.82, 2.24) is 4.98 Å². The molecule has 0 aliphatic heterocycles. The molecule has 0 unspecified atom stereocenters. The number of hydrogen-bond acceptors (Lipinski definition) is 5. The van der Waals surface area contributed by atoms with Crippen molar-refractivity contribution < 1.29 is 78.9 Å². The van der Waals surface area contributed by atoms with Gasteiger partial charge >= 0.3 is 59.1 Å². The second-order valence-electron chi connectivity index (χ2n) is 1.97. The van der Waals surface area contributed by atoms with E-state index in [1.54, 1.807) is 0 Å². The fraction of sp³-hybridized carbons (Fsp3) is 0. The molecule has 0 aliphatic carbocycles. The zero-order valence-corrected chi connectivity index (χ0v) is 11.8. The predicted octanol–water partition coefficient (Wildman–Crippen LogP) is -8.18. The molecule has 14 heavy (non-hydrogen) atoms. The van der Waals surface area contributed by atoms with E-state index in [0.717, 1.165) is 12.3 Å². The van der Waals surface area contributed by atoms with Gasteiger partial charge < -0.3 is 19.8 Å². The average molecular weight is 211 g/mol. The number of aromatic nitrogens is 1. The largest absolute Gasteiger partial charge is 1.00 e. The Morgan fingerprint density at radius 1 is 1.14 bits per heavy atom. The number of carboxylic acids is 2. The smallest absolute Gasteiger partial charge is 0.545 e. The average Bonchev–Trinajstić information content (AvgIpc) is 2.04. The van der Waals surface area contributed by atoms with E-state index in [2.05, 4.69) is 4.98 Å². The van der Waals surface area contributed by atoms with E-state index < -0.39 is 23.2 Å².